The molecule has 0 amide bonds. The van der Waals surface area contributed by atoms with Crippen LogP contribution in [0.25, 0.3) is 0 Å². The van der Waals surface area contributed by atoms with Crippen molar-refractivity contribution in [1.29, 1.82) is 0 Å². The summed E-state index contributed by atoms with van der Waals surface area (Å²) in [6.07, 6.45) is 0.817. The van der Waals surface area contributed by atoms with E-state index in [1.807, 2.05) is 32.9 Å². The quantitative estimate of drug-likeness (QED) is 0.853. The fraction of sp³-hybridized carbons (Fsp3) is 0.571. The van der Waals surface area contributed by atoms with Crippen LogP contribution in [0.5, 0.6) is 0 Å². The van der Waals surface area contributed by atoms with E-state index in [2.05, 4.69) is 15.9 Å². The zero-order valence-electron chi connectivity index (χ0n) is 12.5. The number of benzene rings is 1. The highest BCUT2D eigenvalue weighted by atomic mass is 79.9. The van der Waals surface area contributed by atoms with Crippen LogP contribution in [-0.4, -0.2) is 32.4 Å². The summed E-state index contributed by atoms with van der Waals surface area (Å²) >= 11 is 3.40. The lowest BCUT2D eigenvalue weighted by atomic mass is 9.90. The molecule has 0 saturated carbocycles. The third-order valence-electron chi connectivity index (χ3n) is 4.04. The third-order valence-corrected chi connectivity index (χ3v) is 6.65. The Kier molecular flexibility index (Phi) is 5.89. The molecule has 21 heavy (non-hydrogen) atoms. The van der Waals surface area contributed by atoms with Gasteiger partial charge in [0.25, 0.3) is 0 Å². The van der Waals surface area contributed by atoms with Crippen molar-refractivity contribution in [3.63, 3.8) is 0 Å². The van der Waals surface area contributed by atoms with Crippen LogP contribution in [0.3, 0.4) is 0 Å². The highest BCUT2D eigenvalue weighted by Gasteiger charge is 2.39. The molecule has 4 nitrogen and oxygen atoms in total. The summed E-state index contributed by atoms with van der Waals surface area (Å²) in [7, 11) is -3.44. The maximum absolute atomic E-state index is 12.9. The summed E-state index contributed by atoms with van der Waals surface area (Å²) in [6.45, 7) is 7.28. The normalized spacial score (nSPS) is 23.1. The monoisotopic (exact) mass is 396 g/mol. The van der Waals surface area contributed by atoms with Crippen molar-refractivity contribution in [1.82, 2.24) is 4.31 Å². The van der Waals surface area contributed by atoms with Crippen LogP contribution >= 0.6 is 28.3 Å². The van der Waals surface area contributed by atoms with Crippen LogP contribution < -0.4 is 5.73 Å². The van der Waals surface area contributed by atoms with Gasteiger partial charge in [-0.1, -0.05) is 22.9 Å². The number of nitrogens with two attached hydrogens (primary N) is 1. The van der Waals surface area contributed by atoms with Crippen molar-refractivity contribution in [2.75, 3.05) is 19.6 Å². The van der Waals surface area contributed by atoms with E-state index in [1.165, 1.54) is 0 Å². The Balaban J connectivity index is 0.00000220. The topological polar surface area (TPSA) is 63.4 Å². The Morgan fingerprint density at radius 3 is 2.29 bits per heavy atom. The summed E-state index contributed by atoms with van der Waals surface area (Å²) in [5.74, 6) is 0. The lowest BCUT2D eigenvalue weighted by Crippen LogP contribution is -2.35. The molecule has 0 spiro atoms. The van der Waals surface area contributed by atoms with Crippen molar-refractivity contribution in [3.05, 3.63) is 27.7 Å². The molecule has 1 unspecified atom stereocenters. The van der Waals surface area contributed by atoms with Gasteiger partial charge in [-0.3, -0.25) is 0 Å². The smallest absolute Gasteiger partial charge is 0.243 e. The van der Waals surface area contributed by atoms with Gasteiger partial charge >= 0.3 is 0 Å². The summed E-state index contributed by atoms with van der Waals surface area (Å²) in [5, 5.41) is 0. The third kappa shape index (κ3) is 3.62. The molecule has 1 saturated heterocycles. The van der Waals surface area contributed by atoms with Crippen molar-refractivity contribution < 1.29 is 8.42 Å². The predicted molar refractivity (Wildman–Crippen MR) is 91.4 cm³/mol. The van der Waals surface area contributed by atoms with E-state index in [0.717, 1.165) is 22.0 Å². The van der Waals surface area contributed by atoms with Gasteiger partial charge in [-0.2, -0.15) is 4.31 Å². The van der Waals surface area contributed by atoms with E-state index in [4.69, 9.17) is 5.73 Å². The van der Waals surface area contributed by atoms with Gasteiger partial charge in [-0.15, -0.1) is 12.4 Å². The minimum atomic E-state index is -3.44. The van der Waals surface area contributed by atoms with Gasteiger partial charge in [0.2, 0.25) is 10.0 Å². The average molecular weight is 398 g/mol. The summed E-state index contributed by atoms with van der Waals surface area (Å²) < 4.78 is 28.2. The van der Waals surface area contributed by atoms with E-state index in [9.17, 15) is 8.42 Å². The van der Waals surface area contributed by atoms with Crippen LogP contribution in [0.1, 0.15) is 24.5 Å². The molecule has 1 aliphatic heterocycles. The molecule has 0 radical (unpaired) electrons. The number of aryl methyl sites for hydroxylation is 2. The van der Waals surface area contributed by atoms with Crippen LogP contribution in [0.2, 0.25) is 0 Å². The average Bonchev–Trinajstić information content (AvgIpc) is 2.71. The molecule has 0 aromatic heterocycles. The number of sulfonamides is 1. The Morgan fingerprint density at radius 1 is 1.33 bits per heavy atom. The Bertz CT molecular complexity index is 613. The Hall–Kier alpha value is -0.140. The first-order chi connectivity index (χ1) is 9.19. The summed E-state index contributed by atoms with van der Waals surface area (Å²) in [5.41, 5.74) is 7.21. The lowest BCUT2D eigenvalue weighted by molar-refractivity contribution is 0.349. The Morgan fingerprint density at radius 2 is 1.86 bits per heavy atom. The van der Waals surface area contributed by atoms with Gasteiger partial charge in [0.1, 0.15) is 0 Å². The molecule has 1 heterocycles. The van der Waals surface area contributed by atoms with Gasteiger partial charge < -0.3 is 5.73 Å². The molecule has 1 aromatic rings. The standard InChI is InChI=1S/C14H21BrN2O2S.ClH/c1-10-6-12(15)7-11(2)13(10)20(18,19)17-5-4-14(3,8-16)9-17;/h6-7H,4-5,8-9,16H2,1-3H3;1H. The fourth-order valence-corrected chi connectivity index (χ4v) is 5.47. The lowest BCUT2D eigenvalue weighted by Gasteiger charge is -2.23. The van der Waals surface area contributed by atoms with Crippen molar-refractivity contribution in [3.8, 4) is 0 Å². The highest BCUT2D eigenvalue weighted by molar-refractivity contribution is 9.10. The molecule has 7 heteroatoms. The van der Waals surface area contributed by atoms with Gasteiger partial charge in [0.15, 0.2) is 0 Å². The minimum Gasteiger partial charge on any atom is -0.330 e. The predicted octanol–water partition coefficient (Wildman–Crippen LogP) is 2.85. The second-order valence-electron chi connectivity index (χ2n) is 5.97. The molecule has 1 fully saturated rings. The number of hydrogen-bond acceptors (Lipinski definition) is 3. The maximum atomic E-state index is 12.9. The van der Waals surface area contributed by atoms with E-state index >= 15 is 0 Å². The van der Waals surface area contributed by atoms with Gasteiger partial charge in [0.05, 0.1) is 4.90 Å². The highest BCUT2D eigenvalue weighted by Crippen LogP contribution is 2.35. The van der Waals surface area contributed by atoms with Gasteiger partial charge in [0, 0.05) is 17.6 Å². The van der Waals surface area contributed by atoms with Crippen LogP contribution in [0.4, 0.5) is 0 Å². The molecule has 2 rings (SSSR count). The van der Waals surface area contributed by atoms with Crippen LogP contribution in [-0.2, 0) is 10.0 Å². The SMILES string of the molecule is Cc1cc(Br)cc(C)c1S(=O)(=O)N1CCC(C)(CN)C1.Cl. The molecule has 1 aliphatic rings. The summed E-state index contributed by atoms with van der Waals surface area (Å²) in [4.78, 5) is 0.432. The molecule has 0 aliphatic carbocycles. The molecular weight excluding hydrogens is 376 g/mol. The largest absolute Gasteiger partial charge is 0.330 e. The van der Waals surface area contributed by atoms with Gasteiger partial charge in [-0.05, 0) is 55.5 Å². The van der Waals surface area contributed by atoms with Gasteiger partial charge in [-0.25, -0.2) is 8.42 Å². The number of halogens is 2. The minimum absolute atomic E-state index is 0. The first-order valence-electron chi connectivity index (χ1n) is 6.67. The first kappa shape index (κ1) is 18.9. The summed E-state index contributed by atoms with van der Waals surface area (Å²) in [6, 6.07) is 3.69. The number of rotatable bonds is 3. The molecule has 1 aromatic carbocycles. The molecular formula is C14H22BrClN2O2S. The van der Waals surface area contributed by atoms with Crippen LogP contribution in [0.15, 0.2) is 21.5 Å². The van der Waals surface area contributed by atoms with E-state index in [-0.39, 0.29) is 17.8 Å². The number of hydrogen-bond donors (Lipinski definition) is 1. The van der Waals surface area contributed by atoms with E-state index in [1.54, 1.807) is 4.31 Å². The molecule has 2 N–H and O–H groups in total. The second kappa shape index (κ2) is 6.54. The zero-order valence-corrected chi connectivity index (χ0v) is 15.7. The van der Waals surface area contributed by atoms with Crippen LogP contribution in [0, 0.1) is 19.3 Å². The molecule has 120 valence electrons. The van der Waals surface area contributed by atoms with E-state index in [0.29, 0.717) is 24.5 Å². The molecule has 1 atom stereocenters. The Labute approximate surface area is 141 Å². The van der Waals surface area contributed by atoms with Crippen molar-refractivity contribution >= 4 is 38.4 Å². The van der Waals surface area contributed by atoms with E-state index < -0.39 is 10.0 Å². The zero-order chi connectivity index (χ0) is 15.1. The van der Waals surface area contributed by atoms with Crippen molar-refractivity contribution in [2.24, 2.45) is 11.1 Å². The number of nitrogens with zero attached hydrogens (tertiary/aromatic N) is 1. The second-order valence-corrected chi connectivity index (χ2v) is 8.76. The molecule has 0 bridgehead atoms. The first-order valence-corrected chi connectivity index (χ1v) is 8.90. The van der Waals surface area contributed by atoms with Crippen molar-refractivity contribution in [2.45, 2.75) is 32.1 Å². The fourth-order valence-electron chi connectivity index (χ4n) is 2.78. The maximum Gasteiger partial charge on any atom is 0.243 e.